The molecule has 4 rings (SSSR count). The average Bonchev–Trinajstić information content (AvgIpc) is 3.00. The van der Waals surface area contributed by atoms with E-state index in [9.17, 15) is 9.59 Å². The van der Waals surface area contributed by atoms with Crippen molar-refractivity contribution in [1.29, 1.82) is 0 Å². The van der Waals surface area contributed by atoms with Gasteiger partial charge in [0.1, 0.15) is 0 Å². The predicted molar refractivity (Wildman–Crippen MR) is 164 cm³/mol. The van der Waals surface area contributed by atoms with Gasteiger partial charge in [-0.25, -0.2) is 0 Å². The second-order valence-corrected chi connectivity index (χ2v) is 7.69. The fourth-order valence-electron chi connectivity index (χ4n) is 3.46. The summed E-state index contributed by atoms with van der Waals surface area (Å²) in [6.07, 6.45) is 8.80. The first kappa shape index (κ1) is 30.4. The highest BCUT2D eigenvalue weighted by Gasteiger charge is 2.10. The van der Waals surface area contributed by atoms with Gasteiger partial charge in [0.15, 0.2) is 0 Å². The summed E-state index contributed by atoms with van der Waals surface area (Å²) in [7, 11) is 0. The van der Waals surface area contributed by atoms with E-state index >= 15 is 0 Å². The van der Waals surface area contributed by atoms with Crippen molar-refractivity contribution >= 4 is 35.3 Å². The van der Waals surface area contributed by atoms with Crippen LogP contribution in [0.3, 0.4) is 0 Å². The zero-order valence-corrected chi connectivity index (χ0v) is 23.2. The average molecular weight is 521 g/mol. The van der Waals surface area contributed by atoms with Gasteiger partial charge in [0.05, 0.1) is 35.2 Å². The first-order chi connectivity index (χ1) is 19.1. The van der Waals surface area contributed by atoms with Crippen molar-refractivity contribution in [2.24, 2.45) is 0 Å². The van der Waals surface area contributed by atoms with Gasteiger partial charge >= 0.3 is 0 Å². The smallest absolute Gasteiger partial charge is 0.255 e. The Morgan fingerprint density at radius 1 is 0.692 bits per heavy atom. The highest BCUT2D eigenvalue weighted by Crippen LogP contribution is 2.20. The maximum Gasteiger partial charge on any atom is 0.255 e. The quantitative estimate of drug-likeness (QED) is 0.256. The minimum absolute atomic E-state index is 0.199. The Balaban J connectivity index is 0.00000127. The molecule has 0 saturated heterocycles. The molecule has 2 aromatic carbocycles. The van der Waals surface area contributed by atoms with Crippen molar-refractivity contribution in [3.63, 3.8) is 0 Å². The second-order valence-electron chi connectivity index (χ2n) is 7.69. The summed E-state index contributed by atoms with van der Waals surface area (Å²) in [5.41, 5.74) is 5.47. The van der Waals surface area contributed by atoms with Crippen LogP contribution >= 0.6 is 0 Å². The molecule has 0 spiro atoms. The third kappa shape index (κ3) is 8.61. The maximum atomic E-state index is 12.7. The van der Waals surface area contributed by atoms with Crippen molar-refractivity contribution in [3.05, 3.63) is 120 Å². The first-order valence-corrected chi connectivity index (χ1v) is 13.1. The van der Waals surface area contributed by atoms with Crippen molar-refractivity contribution in [3.8, 4) is 11.4 Å². The van der Waals surface area contributed by atoms with Gasteiger partial charge in [-0.3, -0.25) is 19.6 Å². The fraction of sp³-hybridized carbons (Fsp3) is 0.152. The molecule has 6 heteroatoms. The molecular formula is C33H36N4O2. The Morgan fingerprint density at radius 3 is 1.69 bits per heavy atom. The topological polar surface area (TPSA) is 84.0 Å². The molecule has 0 unspecified atom stereocenters. The van der Waals surface area contributed by atoms with Crippen LogP contribution in [0, 0.1) is 0 Å². The SMILES string of the molecule is C=Cc1ccc(C(=O)Nc2ccc(-c3ccc(NC(=O)c4ccccc4)cn3)nc2)cc1/C=C\C.CC.CC. The lowest BCUT2D eigenvalue weighted by Crippen LogP contribution is -2.12. The summed E-state index contributed by atoms with van der Waals surface area (Å²) in [6.45, 7) is 13.7. The largest absolute Gasteiger partial charge is 0.321 e. The zero-order valence-electron chi connectivity index (χ0n) is 23.2. The van der Waals surface area contributed by atoms with E-state index in [0.29, 0.717) is 33.9 Å². The zero-order chi connectivity index (χ0) is 28.6. The number of nitrogens with zero attached hydrogens (tertiary/aromatic N) is 2. The molecule has 0 bridgehead atoms. The third-order valence-corrected chi connectivity index (χ3v) is 5.26. The molecule has 2 heterocycles. The summed E-state index contributed by atoms with van der Waals surface area (Å²) in [5, 5.41) is 5.69. The van der Waals surface area contributed by atoms with Crippen molar-refractivity contribution in [1.82, 2.24) is 9.97 Å². The molecule has 0 atom stereocenters. The Labute approximate surface area is 231 Å². The molecular weight excluding hydrogens is 484 g/mol. The molecule has 4 aromatic rings. The Bertz CT molecular complexity index is 1380. The second kappa shape index (κ2) is 16.1. The molecule has 0 aliphatic heterocycles. The van der Waals surface area contributed by atoms with Crippen molar-refractivity contribution in [2.75, 3.05) is 10.6 Å². The number of nitrogens with one attached hydrogen (secondary N) is 2. The van der Waals surface area contributed by atoms with Crippen LogP contribution in [-0.2, 0) is 0 Å². The van der Waals surface area contributed by atoms with Crippen LogP contribution in [0.2, 0.25) is 0 Å². The van der Waals surface area contributed by atoms with Crippen LogP contribution in [0.1, 0.15) is 66.5 Å². The van der Waals surface area contributed by atoms with Crippen molar-refractivity contribution < 1.29 is 9.59 Å². The van der Waals surface area contributed by atoms with Crippen molar-refractivity contribution in [2.45, 2.75) is 34.6 Å². The summed E-state index contributed by atoms with van der Waals surface area (Å²) in [5.74, 6) is -0.423. The summed E-state index contributed by atoms with van der Waals surface area (Å²) in [6, 6.07) is 21.6. The lowest BCUT2D eigenvalue weighted by atomic mass is 10.0. The molecule has 0 fully saturated rings. The number of anilines is 2. The van der Waals surface area contributed by atoms with Gasteiger partial charge in [0.2, 0.25) is 0 Å². The lowest BCUT2D eigenvalue weighted by Gasteiger charge is -2.09. The van der Waals surface area contributed by atoms with Crippen LogP contribution < -0.4 is 10.6 Å². The summed E-state index contributed by atoms with van der Waals surface area (Å²) in [4.78, 5) is 33.8. The van der Waals surface area contributed by atoms with E-state index in [1.54, 1.807) is 60.9 Å². The molecule has 0 radical (unpaired) electrons. The van der Waals surface area contributed by atoms with E-state index in [-0.39, 0.29) is 11.8 Å². The molecule has 6 nitrogen and oxygen atoms in total. The predicted octanol–water partition coefficient (Wildman–Crippen LogP) is 8.38. The fourth-order valence-corrected chi connectivity index (χ4v) is 3.46. The van der Waals surface area contributed by atoms with Gasteiger partial charge in [-0.05, 0) is 66.6 Å². The Hall–Kier alpha value is -4.84. The number of hydrogen-bond donors (Lipinski definition) is 2. The van der Waals surface area contributed by atoms with Crippen LogP contribution in [0.5, 0.6) is 0 Å². The van der Waals surface area contributed by atoms with Crippen LogP contribution in [0.4, 0.5) is 11.4 Å². The van der Waals surface area contributed by atoms with E-state index in [0.717, 1.165) is 11.1 Å². The normalized spacial score (nSPS) is 9.87. The number of aromatic nitrogens is 2. The molecule has 2 N–H and O–H groups in total. The Morgan fingerprint density at radius 2 is 1.23 bits per heavy atom. The van der Waals surface area contributed by atoms with E-state index < -0.39 is 0 Å². The number of carbonyl (C=O) groups excluding carboxylic acids is 2. The summed E-state index contributed by atoms with van der Waals surface area (Å²) < 4.78 is 0. The molecule has 2 amide bonds. The molecule has 0 aliphatic carbocycles. The highest BCUT2D eigenvalue weighted by atomic mass is 16.2. The monoisotopic (exact) mass is 520 g/mol. The van der Waals surface area contributed by atoms with Crippen LogP contribution in [0.15, 0.2) is 97.8 Å². The van der Waals surface area contributed by atoms with Gasteiger partial charge in [0.25, 0.3) is 11.8 Å². The number of benzene rings is 2. The highest BCUT2D eigenvalue weighted by molar-refractivity contribution is 6.05. The number of carbonyl (C=O) groups is 2. The molecule has 0 aliphatic rings. The molecule has 200 valence electrons. The molecule has 2 aromatic heterocycles. The first-order valence-electron chi connectivity index (χ1n) is 13.1. The van der Waals surface area contributed by atoms with Gasteiger partial charge in [-0.15, -0.1) is 0 Å². The maximum absolute atomic E-state index is 12.7. The third-order valence-electron chi connectivity index (χ3n) is 5.26. The van der Waals surface area contributed by atoms with Crippen LogP contribution in [0.25, 0.3) is 23.5 Å². The Kier molecular flexibility index (Phi) is 12.5. The number of rotatable bonds is 7. The molecule has 0 saturated carbocycles. The van der Waals surface area contributed by atoms with E-state index in [2.05, 4.69) is 27.2 Å². The van der Waals surface area contributed by atoms with Gasteiger partial charge in [-0.2, -0.15) is 0 Å². The minimum Gasteiger partial charge on any atom is -0.321 e. The number of pyridine rings is 2. The van der Waals surface area contributed by atoms with E-state index in [1.807, 2.05) is 77.1 Å². The van der Waals surface area contributed by atoms with E-state index in [4.69, 9.17) is 0 Å². The standard InChI is InChI=1S/C29H24N4O2.2C2H6/c1-3-8-22-17-23(12-11-20(22)4-2)29(35)33-25-14-16-27(31-19-25)26-15-13-24(18-30-26)32-28(34)21-9-6-5-7-10-21;2*1-2/h3-19H,2H2,1H3,(H,32,34)(H,33,35);2*1-2H3/b8-3-;;. The lowest BCUT2D eigenvalue weighted by molar-refractivity contribution is 0.101. The number of allylic oxidation sites excluding steroid dienone is 1. The van der Waals surface area contributed by atoms with E-state index in [1.165, 1.54) is 0 Å². The molecule has 39 heavy (non-hydrogen) atoms. The van der Waals surface area contributed by atoms with Gasteiger partial charge in [-0.1, -0.05) is 76.8 Å². The van der Waals surface area contributed by atoms with Gasteiger partial charge in [0, 0.05) is 11.1 Å². The van der Waals surface area contributed by atoms with Crippen LogP contribution in [-0.4, -0.2) is 21.8 Å². The summed E-state index contributed by atoms with van der Waals surface area (Å²) >= 11 is 0. The number of amides is 2. The number of hydrogen-bond acceptors (Lipinski definition) is 4. The van der Waals surface area contributed by atoms with Gasteiger partial charge < -0.3 is 10.6 Å². The minimum atomic E-state index is -0.224.